The van der Waals surface area contributed by atoms with E-state index >= 15 is 0 Å². The number of nitrogens with one attached hydrogen (secondary N) is 1. The second kappa shape index (κ2) is 6.71. The summed E-state index contributed by atoms with van der Waals surface area (Å²) in [5.74, 6) is 0.0745. The van der Waals surface area contributed by atoms with E-state index in [0.29, 0.717) is 17.9 Å². The maximum absolute atomic E-state index is 12.1. The van der Waals surface area contributed by atoms with Crippen molar-refractivity contribution in [3.8, 4) is 11.5 Å². The van der Waals surface area contributed by atoms with Gasteiger partial charge in [0, 0.05) is 23.9 Å². The zero-order valence-corrected chi connectivity index (χ0v) is 14.6. The number of para-hydroxylation sites is 1. The molecule has 1 aromatic carbocycles. The number of carbonyl (C=O) groups excluding carboxylic acids is 1. The lowest BCUT2D eigenvalue weighted by Crippen LogP contribution is -2.45. The molecule has 24 heavy (non-hydrogen) atoms. The van der Waals surface area contributed by atoms with Crippen molar-refractivity contribution in [2.24, 2.45) is 0 Å². The maximum atomic E-state index is 12.1. The Balaban J connectivity index is 1.92. The third-order valence-corrected chi connectivity index (χ3v) is 3.86. The molecule has 2 N–H and O–H groups in total. The van der Waals surface area contributed by atoms with Gasteiger partial charge in [-0.3, -0.25) is 9.59 Å². The fraction of sp³-hybridized carbons (Fsp3) is 0.556. The fourth-order valence-corrected chi connectivity index (χ4v) is 2.74. The van der Waals surface area contributed by atoms with Crippen LogP contribution in [0.2, 0.25) is 0 Å². The molecule has 0 aliphatic carbocycles. The first-order valence-electron chi connectivity index (χ1n) is 8.04. The number of hydrogen-bond acceptors (Lipinski definition) is 4. The van der Waals surface area contributed by atoms with Gasteiger partial charge in [-0.15, -0.1) is 0 Å². The number of rotatable bonds is 7. The highest BCUT2D eigenvalue weighted by atomic mass is 16.5. The second-order valence-corrected chi connectivity index (χ2v) is 7.40. The fourth-order valence-electron chi connectivity index (χ4n) is 2.74. The average Bonchev–Trinajstić information content (AvgIpc) is 2.77. The summed E-state index contributed by atoms with van der Waals surface area (Å²) in [4.78, 5) is 22.7. The highest BCUT2D eigenvalue weighted by Gasteiger charge is 2.32. The molecule has 0 saturated carbocycles. The largest absolute Gasteiger partial charge is 0.483 e. The lowest BCUT2D eigenvalue weighted by Gasteiger charge is -2.25. The molecule has 1 aromatic rings. The van der Waals surface area contributed by atoms with E-state index in [9.17, 15) is 9.59 Å². The number of aliphatic carboxylic acids is 1. The summed E-state index contributed by atoms with van der Waals surface area (Å²) in [6, 6.07) is 5.66. The monoisotopic (exact) mass is 335 g/mol. The summed E-state index contributed by atoms with van der Waals surface area (Å²) in [5.41, 5.74) is 0.193. The molecule has 6 nitrogen and oxygen atoms in total. The van der Waals surface area contributed by atoms with Gasteiger partial charge in [-0.25, -0.2) is 0 Å². The third kappa shape index (κ3) is 4.88. The average molecular weight is 335 g/mol. The van der Waals surface area contributed by atoms with Crippen LogP contribution < -0.4 is 14.8 Å². The van der Waals surface area contributed by atoms with Crippen molar-refractivity contribution < 1.29 is 24.2 Å². The van der Waals surface area contributed by atoms with Gasteiger partial charge >= 0.3 is 5.97 Å². The van der Waals surface area contributed by atoms with Gasteiger partial charge in [0.2, 0.25) is 0 Å². The molecule has 0 spiro atoms. The first kappa shape index (κ1) is 18.1. The molecular formula is C18H25NO5. The van der Waals surface area contributed by atoms with Gasteiger partial charge in [-0.1, -0.05) is 12.1 Å². The molecule has 0 unspecified atom stereocenters. The van der Waals surface area contributed by atoms with Crippen molar-refractivity contribution in [3.05, 3.63) is 23.8 Å². The van der Waals surface area contributed by atoms with Crippen molar-refractivity contribution in [2.45, 2.75) is 58.1 Å². The van der Waals surface area contributed by atoms with Gasteiger partial charge in [-0.05, 0) is 40.2 Å². The van der Waals surface area contributed by atoms with E-state index in [1.165, 1.54) is 0 Å². The summed E-state index contributed by atoms with van der Waals surface area (Å²) in [7, 11) is 0. The molecule has 1 aliphatic rings. The van der Waals surface area contributed by atoms with Crippen LogP contribution >= 0.6 is 0 Å². The summed E-state index contributed by atoms with van der Waals surface area (Å²) < 4.78 is 11.5. The maximum Gasteiger partial charge on any atom is 0.303 e. The molecule has 1 amide bonds. The number of carbonyl (C=O) groups is 2. The van der Waals surface area contributed by atoms with Crippen LogP contribution in [0.25, 0.3) is 0 Å². The van der Waals surface area contributed by atoms with Crippen LogP contribution in [0.4, 0.5) is 0 Å². The molecule has 0 saturated heterocycles. The summed E-state index contributed by atoms with van der Waals surface area (Å²) >= 11 is 0. The first-order valence-corrected chi connectivity index (χ1v) is 8.04. The molecule has 1 aliphatic heterocycles. The summed E-state index contributed by atoms with van der Waals surface area (Å²) in [5, 5.41) is 11.5. The minimum Gasteiger partial charge on any atom is -0.483 e. The standard InChI is InChI=1S/C18H25NO5/c1-17(2,9-8-15(21)22)19-14(20)11-23-13-7-5-6-12-10-18(3,4)24-16(12)13/h5-7H,8-11H2,1-4H3,(H,19,20)(H,21,22). The van der Waals surface area contributed by atoms with Crippen molar-refractivity contribution in [1.82, 2.24) is 5.32 Å². The summed E-state index contributed by atoms with van der Waals surface area (Å²) in [6.07, 6.45) is 1.16. The Morgan fingerprint density at radius 2 is 2.08 bits per heavy atom. The third-order valence-electron chi connectivity index (χ3n) is 3.86. The Kier molecular flexibility index (Phi) is 5.06. The van der Waals surface area contributed by atoms with Crippen molar-refractivity contribution in [2.75, 3.05) is 6.61 Å². The van der Waals surface area contributed by atoms with E-state index in [-0.39, 0.29) is 24.5 Å². The number of benzene rings is 1. The van der Waals surface area contributed by atoms with Crippen LogP contribution in [0.3, 0.4) is 0 Å². The Morgan fingerprint density at radius 1 is 1.38 bits per heavy atom. The molecule has 0 radical (unpaired) electrons. The predicted molar refractivity (Wildman–Crippen MR) is 89.4 cm³/mol. The second-order valence-electron chi connectivity index (χ2n) is 7.40. The highest BCUT2D eigenvalue weighted by molar-refractivity contribution is 5.78. The topological polar surface area (TPSA) is 84.9 Å². The van der Waals surface area contributed by atoms with Crippen LogP contribution in [0.5, 0.6) is 11.5 Å². The van der Waals surface area contributed by atoms with Crippen LogP contribution in [0, 0.1) is 0 Å². The lowest BCUT2D eigenvalue weighted by molar-refractivity contribution is -0.138. The van der Waals surface area contributed by atoms with Crippen LogP contribution in [0.1, 0.15) is 46.1 Å². The Labute approximate surface area is 142 Å². The van der Waals surface area contributed by atoms with Gasteiger partial charge in [0.05, 0.1) is 0 Å². The zero-order chi connectivity index (χ0) is 18.0. The molecule has 1 heterocycles. The van der Waals surface area contributed by atoms with Gasteiger partial charge in [0.15, 0.2) is 18.1 Å². The number of hydrogen-bond donors (Lipinski definition) is 2. The van der Waals surface area contributed by atoms with Gasteiger partial charge < -0.3 is 19.9 Å². The molecule has 0 fully saturated rings. The Bertz CT molecular complexity index is 636. The first-order chi connectivity index (χ1) is 11.1. The van der Waals surface area contributed by atoms with Crippen LogP contribution in [0.15, 0.2) is 18.2 Å². The quantitative estimate of drug-likeness (QED) is 0.800. The molecule has 0 atom stereocenters. The van der Waals surface area contributed by atoms with E-state index in [1.54, 1.807) is 19.9 Å². The van der Waals surface area contributed by atoms with E-state index in [4.69, 9.17) is 14.6 Å². The van der Waals surface area contributed by atoms with E-state index in [2.05, 4.69) is 5.32 Å². The normalized spacial score (nSPS) is 15.3. The molecule has 0 aromatic heterocycles. The number of ether oxygens (including phenoxy) is 2. The van der Waals surface area contributed by atoms with E-state index < -0.39 is 11.5 Å². The number of carboxylic acid groups (broad SMARTS) is 1. The van der Waals surface area contributed by atoms with Crippen LogP contribution in [-0.4, -0.2) is 34.7 Å². The van der Waals surface area contributed by atoms with Crippen molar-refractivity contribution in [3.63, 3.8) is 0 Å². The van der Waals surface area contributed by atoms with Crippen molar-refractivity contribution >= 4 is 11.9 Å². The van der Waals surface area contributed by atoms with Crippen molar-refractivity contribution in [1.29, 1.82) is 0 Å². The number of carboxylic acids is 1. The zero-order valence-electron chi connectivity index (χ0n) is 14.6. The Morgan fingerprint density at radius 3 is 2.75 bits per heavy atom. The number of amides is 1. The highest BCUT2D eigenvalue weighted by Crippen LogP contribution is 2.41. The minimum absolute atomic E-state index is 0.00323. The molecule has 132 valence electrons. The predicted octanol–water partition coefficient (Wildman–Crippen LogP) is 2.54. The smallest absolute Gasteiger partial charge is 0.303 e. The van der Waals surface area contributed by atoms with Gasteiger partial charge in [-0.2, -0.15) is 0 Å². The molecule has 0 bridgehead atoms. The lowest BCUT2D eigenvalue weighted by atomic mass is 9.98. The van der Waals surface area contributed by atoms with Gasteiger partial charge in [0.1, 0.15) is 5.60 Å². The molecular weight excluding hydrogens is 310 g/mol. The molecule has 2 rings (SSSR count). The van der Waals surface area contributed by atoms with E-state index in [1.807, 2.05) is 26.0 Å². The number of fused-ring (bicyclic) bond motifs is 1. The van der Waals surface area contributed by atoms with Gasteiger partial charge in [0.25, 0.3) is 5.91 Å². The van der Waals surface area contributed by atoms with Crippen LogP contribution in [-0.2, 0) is 16.0 Å². The SMILES string of the molecule is CC(C)(CCC(=O)O)NC(=O)COc1cccc2c1OC(C)(C)C2. The Hall–Kier alpha value is -2.24. The molecule has 6 heteroatoms. The summed E-state index contributed by atoms with van der Waals surface area (Å²) in [6.45, 7) is 7.46. The van der Waals surface area contributed by atoms with E-state index in [0.717, 1.165) is 12.0 Å². The minimum atomic E-state index is -0.881.